The van der Waals surface area contributed by atoms with Crippen LogP contribution in [0.2, 0.25) is 0 Å². The maximum Gasteiger partial charge on any atom is 0.268 e. The predicted octanol–water partition coefficient (Wildman–Crippen LogP) is 4.51. The number of benzene rings is 2. The van der Waals surface area contributed by atoms with Crippen molar-refractivity contribution in [3.8, 4) is 34.4 Å². The Morgan fingerprint density at radius 2 is 1.77 bits per heavy atom. The summed E-state index contributed by atoms with van der Waals surface area (Å²) in [6, 6.07) is 16.6. The molecule has 8 heteroatoms. The Morgan fingerprint density at radius 1 is 0.967 bits per heavy atom. The monoisotopic (exact) mass is 419 g/mol. The normalized spacial score (nSPS) is 12.6. The smallest absolute Gasteiger partial charge is 0.268 e. The second-order valence-electron chi connectivity index (χ2n) is 6.63. The summed E-state index contributed by atoms with van der Waals surface area (Å²) >= 11 is 1.40. The summed E-state index contributed by atoms with van der Waals surface area (Å²) in [5, 5.41) is 10.3. The van der Waals surface area contributed by atoms with Gasteiger partial charge in [-0.15, -0.1) is 21.5 Å². The number of amides is 1. The van der Waals surface area contributed by atoms with Crippen LogP contribution in [0.1, 0.15) is 9.67 Å². The molecule has 2 aromatic carbocycles. The molecule has 0 N–H and O–H groups in total. The van der Waals surface area contributed by atoms with Gasteiger partial charge in [-0.25, -0.2) is 0 Å². The fourth-order valence-corrected chi connectivity index (χ4v) is 3.95. The molecule has 150 valence electrons. The van der Waals surface area contributed by atoms with E-state index >= 15 is 0 Å². The fraction of sp³-hybridized carbons (Fsp3) is 0.136. The minimum atomic E-state index is -0.0935. The number of nitrogens with zero attached hydrogens (tertiary/aromatic N) is 3. The van der Waals surface area contributed by atoms with E-state index in [0.29, 0.717) is 52.6 Å². The number of ether oxygens (including phenoxy) is 2. The summed E-state index contributed by atoms with van der Waals surface area (Å²) in [5.41, 5.74) is 2.10. The van der Waals surface area contributed by atoms with Crippen LogP contribution in [-0.2, 0) is 0 Å². The van der Waals surface area contributed by atoms with Crippen LogP contribution in [0.3, 0.4) is 0 Å². The zero-order chi connectivity index (χ0) is 20.5. The number of carbonyl (C=O) groups is 1. The number of carbonyl (C=O) groups excluding carboxylic acids is 1. The standard InChI is InChI=1S/C22H17N3O4S/c1-25(22(26)19-7-4-12-30-19)16-6-3-2-5-15(16)21-24-23-20(29-21)14-8-9-17-18(13-14)28-11-10-27-17/h2-9,12-13H,10-11H2,1H3. The van der Waals surface area contributed by atoms with Crippen molar-refractivity contribution in [2.24, 2.45) is 0 Å². The van der Waals surface area contributed by atoms with Crippen LogP contribution in [0.5, 0.6) is 11.5 Å². The van der Waals surface area contributed by atoms with Gasteiger partial charge in [0.25, 0.3) is 5.91 Å². The second-order valence-corrected chi connectivity index (χ2v) is 7.58. The summed E-state index contributed by atoms with van der Waals surface area (Å²) in [6.07, 6.45) is 0. The maximum atomic E-state index is 12.8. The molecule has 30 heavy (non-hydrogen) atoms. The van der Waals surface area contributed by atoms with Crippen LogP contribution in [0.15, 0.2) is 64.4 Å². The van der Waals surface area contributed by atoms with E-state index in [2.05, 4.69) is 10.2 Å². The Labute approximate surface area is 176 Å². The van der Waals surface area contributed by atoms with Crippen LogP contribution >= 0.6 is 11.3 Å². The highest BCUT2D eigenvalue weighted by Crippen LogP contribution is 2.36. The third-order valence-electron chi connectivity index (χ3n) is 4.75. The summed E-state index contributed by atoms with van der Waals surface area (Å²) in [5.74, 6) is 1.96. The van der Waals surface area contributed by atoms with Crippen molar-refractivity contribution in [1.82, 2.24) is 10.2 Å². The average Bonchev–Trinajstić information content (AvgIpc) is 3.50. The number of para-hydroxylation sites is 1. The topological polar surface area (TPSA) is 77.7 Å². The number of fused-ring (bicyclic) bond motifs is 1. The highest BCUT2D eigenvalue weighted by molar-refractivity contribution is 7.12. The average molecular weight is 419 g/mol. The lowest BCUT2D eigenvalue weighted by molar-refractivity contribution is 0.0997. The largest absolute Gasteiger partial charge is 0.486 e. The van der Waals surface area contributed by atoms with Gasteiger partial charge in [0.05, 0.1) is 16.1 Å². The Kier molecular flexibility index (Phi) is 4.68. The maximum absolute atomic E-state index is 12.8. The van der Waals surface area contributed by atoms with Crippen LogP contribution in [0.25, 0.3) is 22.9 Å². The van der Waals surface area contributed by atoms with Gasteiger partial charge in [0.2, 0.25) is 11.8 Å². The molecule has 1 aliphatic heterocycles. The van der Waals surface area contributed by atoms with Crippen molar-refractivity contribution in [1.29, 1.82) is 0 Å². The third-order valence-corrected chi connectivity index (χ3v) is 5.60. The van der Waals surface area contributed by atoms with Gasteiger partial charge in [-0.3, -0.25) is 4.79 Å². The molecule has 0 spiro atoms. The first kappa shape index (κ1) is 18.4. The number of aromatic nitrogens is 2. The second kappa shape index (κ2) is 7.64. The van der Waals surface area contributed by atoms with Crippen LogP contribution < -0.4 is 14.4 Å². The SMILES string of the molecule is CN(C(=O)c1cccs1)c1ccccc1-c1nnc(-c2ccc3c(c2)OCCO3)o1. The quantitative estimate of drug-likeness (QED) is 0.484. The van der Waals surface area contributed by atoms with Crippen molar-refractivity contribution in [3.05, 3.63) is 64.9 Å². The zero-order valence-corrected chi connectivity index (χ0v) is 16.9. The van der Waals surface area contributed by atoms with Crippen molar-refractivity contribution < 1.29 is 18.7 Å². The molecule has 7 nitrogen and oxygen atoms in total. The van der Waals surface area contributed by atoms with Gasteiger partial charge in [0, 0.05) is 12.6 Å². The van der Waals surface area contributed by atoms with E-state index in [0.717, 1.165) is 5.56 Å². The van der Waals surface area contributed by atoms with E-state index in [9.17, 15) is 4.79 Å². The molecule has 0 radical (unpaired) electrons. The number of thiophene rings is 1. The Balaban J connectivity index is 1.48. The van der Waals surface area contributed by atoms with Crippen molar-refractivity contribution in [2.45, 2.75) is 0 Å². The number of hydrogen-bond acceptors (Lipinski definition) is 7. The molecule has 1 amide bonds. The van der Waals surface area contributed by atoms with E-state index in [1.807, 2.05) is 53.9 Å². The van der Waals surface area contributed by atoms with E-state index in [4.69, 9.17) is 13.9 Å². The molecule has 0 aliphatic carbocycles. The summed E-state index contributed by atoms with van der Waals surface area (Å²) in [4.78, 5) is 15.1. The summed E-state index contributed by atoms with van der Waals surface area (Å²) in [7, 11) is 1.74. The highest BCUT2D eigenvalue weighted by atomic mass is 32.1. The molecule has 5 rings (SSSR count). The van der Waals surface area contributed by atoms with Gasteiger partial charge in [0.1, 0.15) is 13.2 Å². The molecule has 0 bridgehead atoms. The Morgan fingerprint density at radius 3 is 2.60 bits per heavy atom. The van der Waals surface area contributed by atoms with E-state index < -0.39 is 0 Å². The van der Waals surface area contributed by atoms with Gasteiger partial charge in [0.15, 0.2) is 11.5 Å². The molecule has 4 aromatic rings. The molecule has 0 saturated carbocycles. The molecule has 3 heterocycles. The van der Waals surface area contributed by atoms with Crippen LogP contribution in [0, 0.1) is 0 Å². The summed E-state index contributed by atoms with van der Waals surface area (Å²) in [6.45, 7) is 1.04. The van der Waals surface area contributed by atoms with Gasteiger partial charge < -0.3 is 18.8 Å². The zero-order valence-electron chi connectivity index (χ0n) is 16.1. The number of anilines is 1. The number of rotatable bonds is 4. The Hall–Kier alpha value is -3.65. The lowest BCUT2D eigenvalue weighted by atomic mass is 10.1. The lowest BCUT2D eigenvalue weighted by Crippen LogP contribution is -2.25. The van der Waals surface area contributed by atoms with Gasteiger partial charge >= 0.3 is 0 Å². The minimum Gasteiger partial charge on any atom is -0.486 e. The molecular weight excluding hydrogens is 402 g/mol. The van der Waals surface area contributed by atoms with Crippen LogP contribution in [-0.4, -0.2) is 36.4 Å². The molecule has 1 aliphatic rings. The minimum absolute atomic E-state index is 0.0935. The molecule has 0 atom stereocenters. The van der Waals surface area contributed by atoms with Gasteiger partial charge in [-0.2, -0.15) is 0 Å². The molecule has 2 aromatic heterocycles. The summed E-state index contributed by atoms with van der Waals surface area (Å²) < 4.78 is 17.1. The molecule has 0 fully saturated rings. The first-order valence-electron chi connectivity index (χ1n) is 9.35. The Bertz CT molecular complexity index is 1200. The van der Waals surface area contributed by atoms with E-state index in [1.165, 1.54) is 11.3 Å². The first-order valence-corrected chi connectivity index (χ1v) is 10.2. The molecule has 0 saturated heterocycles. The molecular formula is C22H17N3O4S. The molecule has 0 unspecified atom stereocenters. The van der Waals surface area contributed by atoms with Gasteiger partial charge in [-0.1, -0.05) is 18.2 Å². The van der Waals surface area contributed by atoms with E-state index in [1.54, 1.807) is 18.0 Å². The van der Waals surface area contributed by atoms with Crippen molar-refractivity contribution in [2.75, 3.05) is 25.2 Å². The van der Waals surface area contributed by atoms with Crippen LogP contribution in [0.4, 0.5) is 5.69 Å². The fourth-order valence-electron chi connectivity index (χ4n) is 3.25. The number of hydrogen-bond donors (Lipinski definition) is 0. The van der Waals surface area contributed by atoms with Crippen molar-refractivity contribution >= 4 is 22.9 Å². The lowest BCUT2D eigenvalue weighted by Gasteiger charge is -2.19. The first-order chi connectivity index (χ1) is 14.7. The van der Waals surface area contributed by atoms with Crippen molar-refractivity contribution in [3.63, 3.8) is 0 Å². The van der Waals surface area contributed by atoms with E-state index in [-0.39, 0.29) is 5.91 Å². The highest BCUT2D eigenvalue weighted by Gasteiger charge is 2.21. The predicted molar refractivity (Wildman–Crippen MR) is 113 cm³/mol. The van der Waals surface area contributed by atoms with Gasteiger partial charge in [-0.05, 0) is 41.8 Å². The third kappa shape index (κ3) is 3.31.